The summed E-state index contributed by atoms with van der Waals surface area (Å²) in [5.41, 5.74) is 1.37. The average Bonchev–Trinajstić information content (AvgIpc) is 3.46. The number of hydrogen-bond acceptors (Lipinski definition) is 3. The molecule has 6 nitrogen and oxygen atoms in total. The number of rotatable bonds is 9. The first kappa shape index (κ1) is 21.8. The lowest BCUT2D eigenvalue weighted by Crippen LogP contribution is -2.41. The Hall–Kier alpha value is -2.45. The second-order valence-corrected chi connectivity index (χ2v) is 6.70. The Morgan fingerprint density at radius 2 is 1.93 bits per heavy atom. The highest BCUT2D eigenvalue weighted by Gasteiger charge is 2.29. The fourth-order valence-corrected chi connectivity index (χ4v) is 2.45. The van der Waals surface area contributed by atoms with Crippen molar-refractivity contribution in [3.05, 3.63) is 29.3 Å². The molecule has 156 valence electrons. The van der Waals surface area contributed by atoms with E-state index in [1.807, 2.05) is 6.92 Å². The van der Waals surface area contributed by atoms with Crippen molar-refractivity contribution >= 4 is 11.9 Å². The molecule has 1 aromatic carbocycles. The zero-order chi connectivity index (χ0) is 20.6. The van der Waals surface area contributed by atoms with E-state index in [1.165, 1.54) is 0 Å². The van der Waals surface area contributed by atoms with Crippen molar-refractivity contribution < 1.29 is 22.7 Å². The van der Waals surface area contributed by atoms with Crippen LogP contribution in [-0.2, 0) is 11.3 Å². The third-order valence-electron chi connectivity index (χ3n) is 4.03. The molecule has 1 saturated carbocycles. The first-order valence-corrected chi connectivity index (χ1v) is 9.37. The van der Waals surface area contributed by atoms with Crippen LogP contribution < -0.4 is 20.7 Å². The lowest BCUT2D eigenvalue weighted by molar-refractivity contribution is -0.153. The number of hydrogen-bond donors (Lipinski definition) is 3. The van der Waals surface area contributed by atoms with Gasteiger partial charge in [0.15, 0.2) is 12.6 Å². The number of halogens is 3. The number of carbonyl (C=O) groups excluding carboxylic acids is 1. The van der Waals surface area contributed by atoms with E-state index in [2.05, 4.69) is 20.9 Å². The van der Waals surface area contributed by atoms with Crippen molar-refractivity contribution in [2.45, 2.75) is 39.4 Å². The van der Waals surface area contributed by atoms with Gasteiger partial charge in [-0.05, 0) is 38.3 Å². The van der Waals surface area contributed by atoms with Gasteiger partial charge in [-0.15, -0.1) is 0 Å². The minimum absolute atomic E-state index is 0.0786. The number of guanidine groups is 1. The van der Waals surface area contributed by atoms with Crippen molar-refractivity contribution in [2.24, 2.45) is 10.9 Å². The number of alkyl halides is 3. The van der Waals surface area contributed by atoms with Crippen molar-refractivity contribution in [3.8, 4) is 5.75 Å². The van der Waals surface area contributed by atoms with E-state index in [1.54, 1.807) is 25.1 Å². The molecule has 0 aliphatic heterocycles. The second kappa shape index (κ2) is 10.2. The largest absolute Gasteiger partial charge is 0.484 e. The van der Waals surface area contributed by atoms with Crippen LogP contribution >= 0.6 is 0 Å². The van der Waals surface area contributed by atoms with Gasteiger partial charge in [0, 0.05) is 31.1 Å². The van der Waals surface area contributed by atoms with Crippen LogP contribution in [0.15, 0.2) is 23.2 Å². The van der Waals surface area contributed by atoms with Crippen molar-refractivity contribution in [2.75, 3.05) is 26.2 Å². The topological polar surface area (TPSA) is 74.8 Å². The molecular formula is C19H27F3N4O2. The number of ether oxygens (including phenoxy) is 1. The quantitative estimate of drug-likeness (QED) is 0.338. The first-order valence-electron chi connectivity index (χ1n) is 9.37. The zero-order valence-corrected chi connectivity index (χ0v) is 16.2. The van der Waals surface area contributed by atoms with E-state index >= 15 is 0 Å². The Labute approximate surface area is 162 Å². The molecule has 1 aromatic rings. The molecule has 3 N–H and O–H groups in total. The van der Waals surface area contributed by atoms with Gasteiger partial charge in [0.25, 0.3) is 0 Å². The minimum Gasteiger partial charge on any atom is -0.484 e. The summed E-state index contributed by atoms with van der Waals surface area (Å²) in [5.74, 6) is 0.938. The lowest BCUT2D eigenvalue weighted by Gasteiger charge is -2.14. The summed E-state index contributed by atoms with van der Waals surface area (Å²) in [6, 6.07) is 5.09. The Morgan fingerprint density at radius 1 is 1.21 bits per heavy atom. The van der Waals surface area contributed by atoms with Crippen LogP contribution in [0.4, 0.5) is 13.2 Å². The van der Waals surface area contributed by atoms with E-state index in [4.69, 9.17) is 4.74 Å². The standard InChI is InChI=1S/C19H27F3N4O2/c1-3-23-18(25-9-8-24-17(27)14-6-7-14)26-11-15-5-4-13(2)10-16(15)28-12-19(20,21)22/h4-5,10,14H,3,6-9,11-12H2,1-2H3,(H,24,27)(H2,23,25,26). The number of nitrogens with one attached hydrogen (secondary N) is 3. The third kappa shape index (κ3) is 8.06. The first-order chi connectivity index (χ1) is 13.3. The number of amides is 1. The predicted octanol–water partition coefficient (Wildman–Crippen LogP) is 2.52. The number of nitrogens with zero attached hydrogens (tertiary/aromatic N) is 1. The molecule has 0 bridgehead atoms. The Bertz CT molecular complexity index is 688. The molecule has 1 aliphatic rings. The normalized spacial score (nSPS) is 14.5. The molecule has 0 heterocycles. The van der Waals surface area contributed by atoms with Gasteiger partial charge in [-0.1, -0.05) is 12.1 Å². The van der Waals surface area contributed by atoms with Gasteiger partial charge in [-0.2, -0.15) is 13.2 Å². The molecular weight excluding hydrogens is 373 g/mol. The molecule has 9 heteroatoms. The summed E-state index contributed by atoms with van der Waals surface area (Å²) in [6.45, 7) is 4.12. The molecule has 0 spiro atoms. The van der Waals surface area contributed by atoms with Gasteiger partial charge in [0.2, 0.25) is 5.91 Å². The molecule has 28 heavy (non-hydrogen) atoms. The fourth-order valence-electron chi connectivity index (χ4n) is 2.45. The predicted molar refractivity (Wildman–Crippen MR) is 101 cm³/mol. The Morgan fingerprint density at radius 3 is 2.57 bits per heavy atom. The smallest absolute Gasteiger partial charge is 0.422 e. The number of aryl methyl sites for hydroxylation is 1. The van der Waals surface area contributed by atoms with E-state index in [9.17, 15) is 18.0 Å². The van der Waals surface area contributed by atoms with Crippen molar-refractivity contribution in [1.29, 1.82) is 0 Å². The molecule has 0 atom stereocenters. The van der Waals surface area contributed by atoms with Crippen LogP contribution in [0.25, 0.3) is 0 Å². The molecule has 1 amide bonds. The lowest BCUT2D eigenvalue weighted by atomic mass is 10.1. The monoisotopic (exact) mass is 400 g/mol. The number of carbonyl (C=O) groups is 1. The third-order valence-corrected chi connectivity index (χ3v) is 4.03. The molecule has 1 fully saturated rings. The summed E-state index contributed by atoms with van der Waals surface area (Å²) in [6.07, 6.45) is -2.48. The van der Waals surface area contributed by atoms with E-state index in [0.717, 1.165) is 18.4 Å². The second-order valence-electron chi connectivity index (χ2n) is 6.70. The minimum atomic E-state index is -4.40. The molecule has 1 aliphatic carbocycles. The van der Waals surface area contributed by atoms with Crippen LogP contribution in [0.3, 0.4) is 0 Å². The molecule has 0 unspecified atom stereocenters. The van der Waals surface area contributed by atoms with Crippen LogP contribution in [0, 0.1) is 12.8 Å². The number of aliphatic imine (C=N–C) groups is 1. The van der Waals surface area contributed by atoms with Gasteiger partial charge < -0.3 is 20.7 Å². The Kier molecular flexibility index (Phi) is 7.95. The van der Waals surface area contributed by atoms with Gasteiger partial charge in [-0.25, -0.2) is 4.99 Å². The van der Waals surface area contributed by atoms with Gasteiger partial charge >= 0.3 is 6.18 Å². The van der Waals surface area contributed by atoms with Gasteiger partial charge in [-0.3, -0.25) is 4.79 Å². The summed E-state index contributed by atoms with van der Waals surface area (Å²) in [7, 11) is 0. The highest BCUT2D eigenvalue weighted by Crippen LogP contribution is 2.28. The highest BCUT2D eigenvalue weighted by atomic mass is 19.4. The van der Waals surface area contributed by atoms with Crippen molar-refractivity contribution in [1.82, 2.24) is 16.0 Å². The fraction of sp³-hybridized carbons (Fsp3) is 0.579. The van der Waals surface area contributed by atoms with Gasteiger partial charge in [0.05, 0.1) is 6.54 Å². The maximum absolute atomic E-state index is 12.5. The number of benzene rings is 1. The highest BCUT2D eigenvalue weighted by molar-refractivity contribution is 5.81. The molecule has 0 saturated heterocycles. The van der Waals surface area contributed by atoms with E-state index in [0.29, 0.717) is 31.2 Å². The van der Waals surface area contributed by atoms with Gasteiger partial charge in [0.1, 0.15) is 5.75 Å². The SMILES string of the molecule is CCNC(=NCc1ccc(C)cc1OCC(F)(F)F)NCCNC(=O)C1CC1. The maximum Gasteiger partial charge on any atom is 0.422 e. The van der Waals surface area contributed by atoms with Crippen molar-refractivity contribution in [3.63, 3.8) is 0 Å². The Balaban J connectivity index is 1.91. The molecule has 0 aromatic heterocycles. The van der Waals surface area contributed by atoms with Crippen LogP contribution in [0.2, 0.25) is 0 Å². The molecule has 0 radical (unpaired) electrons. The summed E-state index contributed by atoms with van der Waals surface area (Å²) in [5, 5.41) is 9.02. The summed E-state index contributed by atoms with van der Waals surface area (Å²) < 4.78 is 42.4. The molecule has 2 rings (SSSR count). The average molecular weight is 400 g/mol. The summed E-state index contributed by atoms with van der Waals surface area (Å²) >= 11 is 0. The van der Waals surface area contributed by atoms with Crippen LogP contribution in [-0.4, -0.2) is 44.3 Å². The maximum atomic E-state index is 12.5. The summed E-state index contributed by atoms with van der Waals surface area (Å²) in [4.78, 5) is 16.0. The van der Waals surface area contributed by atoms with Crippen LogP contribution in [0.5, 0.6) is 5.75 Å². The zero-order valence-electron chi connectivity index (χ0n) is 16.2. The van der Waals surface area contributed by atoms with Crippen LogP contribution in [0.1, 0.15) is 30.9 Å². The van der Waals surface area contributed by atoms with E-state index in [-0.39, 0.29) is 24.1 Å². The van der Waals surface area contributed by atoms with E-state index < -0.39 is 12.8 Å².